The summed E-state index contributed by atoms with van der Waals surface area (Å²) in [6, 6.07) is 62.0. The summed E-state index contributed by atoms with van der Waals surface area (Å²) in [5.41, 5.74) is 9.72. The van der Waals surface area contributed by atoms with E-state index in [2.05, 4.69) is 179 Å². The molecule has 0 spiro atoms. The van der Waals surface area contributed by atoms with Crippen molar-refractivity contribution in [2.75, 3.05) is 0 Å². The van der Waals surface area contributed by atoms with E-state index in [0.717, 1.165) is 5.69 Å². The van der Waals surface area contributed by atoms with Gasteiger partial charge in [0.05, 0.1) is 22.1 Å². The molecule has 214 valence electrons. The van der Waals surface area contributed by atoms with Gasteiger partial charge in [0.25, 0.3) is 0 Å². The Bertz CT molecular complexity index is 2730. The molecule has 46 heavy (non-hydrogen) atoms. The third-order valence-corrected chi connectivity index (χ3v) is 9.67. The molecular formula is C44H28N2. The number of hydrogen-bond acceptors (Lipinski definition) is 0. The summed E-state index contributed by atoms with van der Waals surface area (Å²) in [6.45, 7) is 0. The van der Waals surface area contributed by atoms with Crippen LogP contribution in [0.4, 0.5) is 0 Å². The highest BCUT2D eigenvalue weighted by Crippen LogP contribution is 2.44. The third kappa shape index (κ3) is 3.53. The Morgan fingerprint density at radius 3 is 1.52 bits per heavy atom. The zero-order chi connectivity index (χ0) is 30.2. The lowest BCUT2D eigenvalue weighted by atomic mass is 9.89. The Kier molecular flexibility index (Phi) is 5.31. The average Bonchev–Trinajstić information content (AvgIpc) is 3.64. The fraction of sp³-hybridized carbons (Fsp3) is 0. The van der Waals surface area contributed by atoms with Crippen molar-refractivity contribution in [1.82, 2.24) is 9.13 Å². The van der Waals surface area contributed by atoms with Gasteiger partial charge in [0.2, 0.25) is 0 Å². The normalized spacial score (nSPS) is 11.9. The van der Waals surface area contributed by atoms with Crippen molar-refractivity contribution in [3.8, 4) is 22.5 Å². The van der Waals surface area contributed by atoms with Crippen molar-refractivity contribution in [3.05, 3.63) is 170 Å². The smallest absolute Gasteiger partial charge is 0.0547 e. The maximum atomic E-state index is 2.41. The number of rotatable bonds is 3. The van der Waals surface area contributed by atoms with Crippen LogP contribution in [-0.4, -0.2) is 9.13 Å². The molecule has 0 amide bonds. The fourth-order valence-corrected chi connectivity index (χ4v) is 7.75. The lowest BCUT2D eigenvalue weighted by Gasteiger charge is -2.15. The molecule has 0 radical (unpaired) electrons. The topological polar surface area (TPSA) is 9.86 Å². The van der Waals surface area contributed by atoms with Gasteiger partial charge in [0.15, 0.2) is 0 Å². The van der Waals surface area contributed by atoms with Crippen LogP contribution in [-0.2, 0) is 0 Å². The molecule has 0 saturated heterocycles. The standard InChI is InChI=1S/C44H28N2/c1-2-13-32(14-3-1)46-40-21-11-8-18-37(40)44-41(46)27-24-31-28-30-12-4-5-15-34(30)42(43(31)44)29-22-25-33(26-23-29)45-38-19-9-6-16-35(38)36-17-7-10-20-39(36)45/h1-28H. The van der Waals surface area contributed by atoms with E-state index in [9.17, 15) is 0 Å². The van der Waals surface area contributed by atoms with Crippen molar-refractivity contribution in [3.63, 3.8) is 0 Å². The van der Waals surface area contributed by atoms with Crippen LogP contribution >= 0.6 is 0 Å². The van der Waals surface area contributed by atoms with Gasteiger partial charge < -0.3 is 9.13 Å². The van der Waals surface area contributed by atoms with E-state index < -0.39 is 0 Å². The van der Waals surface area contributed by atoms with Crippen LogP contribution in [0.25, 0.3) is 87.7 Å². The highest BCUT2D eigenvalue weighted by Gasteiger charge is 2.19. The number of fused-ring (bicyclic) bond motifs is 9. The van der Waals surface area contributed by atoms with Gasteiger partial charge in [-0.1, -0.05) is 115 Å². The summed E-state index contributed by atoms with van der Waals surface area (Å²) in [4.78, 5) is 0. The molecule has 2 heteroatoms. The fourth-order valence-electron chi connectivity index (χ4n) is 7.75. The molecule has 2 aromatic heterocycles. The van der Waals surface area contributed by atoms with Gasteiger partial charge in [-0.05, 0) is 81.9 Å². The summed E-state index contributed by atoms with van der Waals surface area (Å²) in [5.74, 6) is 0. The molecule has 0 aliphatic heterocycles. The lowest BCUT2D eigenvalue weighted by molar-refractivity contribution is 1.18. The van der Waals surface area contributed by atoms with Crippen molar-refractivity contribution >= 4 is 65.2 Å². The molecule has 0 fully saturated rings. The molecule has 0 aliphatic carbocycles. The first kappa shape index (κ1) is 25.2. The van der Waals surface area contributed by atoms with Crippen molar-refractivity contribution in [1.29, 1.82) is 0 Å². The summed E-state index contributed by atoms with van der Waals surface area (Å²) < 4.78 is 4.80. The average molecular weight is 585 g/mol. The molecule has 10 aromatic rings. The molecule has 0 bridgehead atoms. The summed E-state index contributed by atoms with van der Waals surface area (Å²) in [6.07, 6.45) is 0. The zero-order valence-electron chi connectivity index (χ0n) is 25.1. The monoisotopic (exact) mass is 584 g/mol. The molecule has 8 aromatic carbocycles. The van der Waals surface area contributed by atoms with Crippen LogP contribution in [0, 0.1) is 0 Å². The zero-order valence-corrected chi connectivity index (χ0v) is 25.1. The van der Waals surface area contributed by atoms with E-state index in [1.165, 1.54) is 82.0 Å². The molecule has 0 N–H and O–H groups in total. The van der Waals surface area contributed by atoms with Crippen LogP contribution < -0.4 is 0 Å². The van der Waals surface area contributed by atoms with Gasteiger partial charge >= 0.3 is 0 Å². The van der Waals surface area contributed by atoms with Gasteiger partial charge in [-0.2, -0.15) is 0 Å². The first-order chi connectivity index (χ1) is 22.8. The van der Waals surface area contributed by atoms with E-state index in [4.69, 9.17) is 0 Å². The number of para-hydroxylation sites is 4. The minimum atomic E-state index is 1.16. The van der Waals surface area contributed by atoms with E-state index in [1.54, 1.807) is 0 Å². The second kappa shape index (κ2) is 9.69. The van der Waals surface area contributed by atoms with E-state index in [1.807, 2.05) is 0 Å². The Morgan fingerprint density at radius 1 is 0.304 bits per heavy atom. The van der Waals surface area contributed by atoms with E-state index in [0.29, 0.717) is 0 Å². The number of hydrogen-bond donors (Lipinski definition) is 0. The first-order valence-corrected chi connectivity index (χ1v) is 15.9. The Hall–Kier alpha value is -6.12. The van der Waals surface area contributed by atoms with Crippen LogP contribution in [0.2, 0.25) is 0 Å². The second-order valence-electron chi connectivity index (χ2n) is 12.1. The highest BCUT2D eigenvalue weighted by molar-refractivity contribution is 6.28. The molecule has 2 heterocycles. The number of nitrogens with zero attached hydrogens (tertiary/aromatic N) is 2. The van der Waals surface area contributed by atoms with Crippen LogP contribution in [0.15, 0.2) is 170 Å². The molecule has 0 atom stereocenters. The summed E-state index contributed by atoms with van der Waals surface area (Å²) in [5, 5.41) is 10.2. The van der Waals surface area contributed by atoms with Gasteiger partial charge in [0, 0.05) is 38.3 Å². The largest absolute Gasteiger partial charge is 0.309 e. The van der Waals surface area contributed by atoms with Gasteiger partial charge in [-0.3, -0.25) is 0 Å². The van der Waals surface area contributed by atoms with Crippen LogP contribution in [0.1, 0.15) is 0 Å². The minimum absolute atomic E-state index is 1.16. The number of benzene rings is 8. The molecule has 0 unspecified atom stereocenters. The van der Waals surface area contributed by atoms with Gasteiger partial charge in [0.1, 0.15) is 0 Å². The van der Waals surface area contributed by atoms with Crippen molar-refractivity contribution in [2.24, 2.45) is 0 Å². The van der Waals surface area contributed by atoms with Gasteiger partial charge in [-0.25, -0.2) is 0 Å². The summed E-state index contributed by atoms with van der Waals surface area (Å²) >= 11 is 0. The Balaban J connectivity index is 1.29. The lowest BCUT2D eigenvalue weighted by Crippen LogP contribution is -1.94. The molecule has 0 aliphatic rings. The molecule has 2 nitrogen and oxygen atoms in total. The van der Waals surface area contributed by atoms with Gasteiger partial charge in [-0.15, -0.1) is 0 Å². The van der Waals surface area contributed by atoms with Crippen molar-refractivity contribution in [2.45, 2.75) is 0 Å². The quantitative estimate of drug-likeness (QED) is 0.183. The molecule has 10 rings (SSSR count). The highest BCUT2D eigenvalue weighted by atomic mass is 15.0. The second-order valence-corrected chi connectivity index (χ2v) is 12.1. The van der Waals surface area contributed by atoms with Crippen LogP contribution in [0.5, 0.6) is 0 Å². The molecular weight excluding hydrogens is 556 g/mol. The Morgan fingerprint density at radius 2 is 0.826 bits per heavy atom. The predicted octanol–water partition coefficient (Wildman–Crippen LogP) is 11.9. The minimum Gasteiger partial charge on any atom is -0.309 e. The third-order valence-electron chi connectivity index (χ3n) is 9.67. The van der Waals surface area contributed by atoms with Crippen molar-refractivity contribution < 1.29 is 0 Å². The SMILES string of the molecule is c1ccc(-n2c3ccccc3c3c4c(-c5ccc(-n6c7ccccc7c7ccccc76)cc5)c5ccccc5cc4ccc32)cc1. The predicted molar refractivity (Wildman–Crippen MR) is 196 cm³/mol. The Labute approximate surface area is 266 Å². The van der Waals surface area contributed by atoms with E-state index in [-0.39, 0.29) is 0 Å². The molecule has 0 saturated carbocycles. The maximum Gasteiger partial charge on any atom is 0.0547 e. The first-order valence-electron chi connectivity index (χ1n) is 15.9. The van der Waals surface area contributed by atoms with E-state index >= 15 is 0 Å². The van der Waals surface area contributed by atoms with Crippen LogP contribution in [0.3, 0.4) is 0 Å². The summed E-state index contributed by atoms with van der Waals surface area (Å²) in [7, 11) is 0. The number of aromatic nitrogens is 2. The maximum absolute atomic E-state index is 2.41.